The molecule has 0 amide bonds. The first-order valence-electron chi connectivity index (χ1n) is 5.81. The molecule has 2 fully saturated rings. The van der Waals surface area contributed by atoms with Crippen LogP contribution >= 0.6 is 0 Å². The maximum atomic E-state index is 4.74. The molecule has 3 aliphatic heterocycles. The number of nitrogens with zero attached hydrogens (tertiary/aromatic N) is 3. The molecule has 0 spiro atoms. The largest absolute Gasteiger partial charge is 0.292 e. The normalized spacial score (nSPS) is 32.0. The van der Waals surface area contributed by atoms with Gasteiger partial charge in [0.2, 0.25) is 0 Å². The van der Waals surface area contributed by atoms with Gasteiger partial charge in [-0.25, -0.2) is 5.43 Å². The van der Waals surface area contributed by atoms with Crippen molar-refractivity contribution in [2.24, 2.45) is 5.10 Å². The van der Waals surface area contributed by atoms with Crippen LogP contribution in [0.15, 0.2) is 5.10 Å². The molecular weight excluding hydrogens is 176 g/mol. The Morgan fingerprint density at radius 1 is 1.14 bits per heavy atom. The summed E-state index contributed by atoms with van der Waals surface area (Å²) >= 11 is 0. The van der Waals surface area contributed by atoms with E-state index >= 15 is 0 Å². The van der Waals surface area contributed by atoms with Gasteiger partial charge in [-0.15, -0.1) is 0 Å². The summed E-state index contributed by atoms with van der Waals surface area (Å²) in [5, 5.41) is 9.26. The van der Waals surface area contributed by atoms with Crippen molar-refractivity contribution in [3.63, 3.8) is 0 Å². The standard InChI is InChI=1S/C10H18N4/c1-3-7-13-9(5-1)11-14-8-4-2-6-10(14)12-13/h9,11H,1-8H2. The monoisotopic (exact) mass is 194 g/mol. The molecule has 4 heteroatoms. The second kappa shape index (κ2) is 3.42. The number of fused-ring (bicyclic) bond motifs is 2. The van der Waals surface area contributed by atoms with Gasteiger partial charge in [-0.2, -0.15) is 5.10 Å². The van der Waals surface area contributed by atoms with Crippen molar-refractivity contribution in [3.8, 4) is 0 Å². The molecule has 3 rings (SSSR count). The fourth-order valence-corrected chi connectivity index (χ4v) is 2.56. The van der Waals surface area contributed by atoms with Gasteiger partial charge in [0.15, 0.2) is 0 Å². The zero-order chi connectivity index (χ0) is 9.38. The Morgan fingerprint density at radius 2 is 2.07 bits per heavy atom. The molecule has 1 atom stereocenters. The fourth-order valence-electron chi connectivity index (χ4n) is 2.56. The van der Waals surface area contributed by atoms with E-state index in [1.165, 1.54) is 37.9 Å². The first-order valence-corrected chi connectivity index (χ1v) is 5.81. The number of hydrogen-bond donors (Lipinski definition) is 1. The number of hydrazine groups is 1. The third-order valence-electron chi connectivity index (χ3n) is 3.37. The van der Waals surface area contributed by atoms with E-state index in [4.69, 9.17) is 5.10 Å². The van der Waals surface area contributed by atoms with Crippen LogP contribution in [0.25, 0.3) is 0 Å². The molecule has 2 saturated heterocycles. The average molecular weight is 194 g/mol. The lowest BCUT2D eigenvalue weighted by atomic mass is 10.1. The van der Waals surface area contributed by atoms with Crippen molar-refractivity contribution in [2.45, 2.75) is 44.7 Å². The third-order valence-corrected chi connectivity index (χ3v) is 3.37. The average Bonchev–Trinajstić information content (AvgIpc) is 2.26. The van der Waals surface area contributed by atoms with Crippen LogP contribution in [0, 0.1) is 0 Å². The van der Waals surface area contributed by atoms with E-state index in [1.54, 1.807) is 0 Å². The van der Waals surface area contributed by atoms with Crippen LogP contribution in [0.2, 0.25) is 0 Å². The number of piperidine rings is 2. The summed E-state index contributed by atoms with van der Waals surface area (Å²) in [5.41, 5.74) is 3.59. The predicted molar refractivity (Wildman–Crippen MR) is 55.5 cm³/mol. The summed E-state index contributed by atoms with van der Waals surface area (Å²) in [6.45, 7) is 2.28. The lowest BCUT2D eigenvalue weighted by molar-refractivity contribution is 0.0428. The quantitative estimate of drug-likeness (QED) is 0.627. The highest BCUT2D eigenvalue weighted by atomic mass is 15.7. The van der Waals surface area contributed by atoms with Gasteiger partial charge in [0.25, 0.3) is 0 Å². The molecule has 0 aromatic rings. The Labute approximate surface area is 84.9 Å². The van der Waals surface area contributed by atoms with E-state index in [9.17, 15) is 0 Å². The van der Waals surface area contributed by atoms with E-state index in [1.807, 2.05) is 0 Å². The summed E-state index contributed by atoms with van der Waals surface area (Å²) in [7, 11) is 0. The van der Waals surface area contributed by atoms with Gasteiger partial charge in [-0.1, -0.05) is 0 Å². The maximum absolute atomic E-state index is 4.74. The Kier molecular flexibility index (Phi) is 2.09. The molecule has 3 aliphatic rings. The molecule has 0 bridgehead atoms. The zero-order valence-electron chi connectivity index (χ0n) is 8.58. The topological polar surface area (TPSA) is 30.9 Å². The molecule has 0 radical (unpaired) electrons. The molecule has 0 aromatic carbocycles. The van der Waals surface area contributed by atoms with Crippen LogP contribution in [0.5, 0.6) is 0 Å². The van der Waals surface area contributed by atoms with Gasteiger partial charge in [0, 0.05) is 19.5 Å². The summed E-state index contributed by atoms with van der Waals surface area (Å²) < 4.78 is 0. The predicted octanol–water partition coefficient (Wildman–Crippen LogP) is 1.12. The fraction of sp³-hybridized carbons (Fsp3) is 0.900. The summed E-state index contributed by atoms with van der Waals surface area (Å²) in [6.07, 6.45) is 8.12. The van der Waals surface area contributed by atoms with Crippen LogP contribution in [-0.2, 0) is 0 Å². The van der Waals surface area contributed by atoms with Gasteiger partial charge in [-0.05, 0) is 32.1 Å². The Balaban J connectivity index is 1.80. The molecule has 0 aromatic heterocycles. The van der Waals surface area contributed by atoms with Crippen LogP contribution in [-0.4, -0.2) is 35.1 Å². The lowest BCUT2D eigenvalue weighted by Gasteiger charge is -2.45. The number of rotatable bonds is 0. The number of amidine groups is 1. The Bertz CT molecular complexity index is 251. The molecule has 4 nitrogen and oxygen atoms in total. The second-order valence-corrected chi connectivity index (χ2v) is 4.43. The minimum absolute atomic E-state index is 0.477. The van der Waals surface area contributed by atoms with Gasteiger partial charge in [-0.3, -0.25) is 10.0 Å². The number of hydrogen-bond acceptors (Lipinski definition) is 4. The smallest absolute Gasteiger partial charge is 0.139 e. The first kappa shape index (κ1) is 8.53. The van der Waals surface area contributed by atoms with E-state index in [2.05, 4.69) is 15.4 Å². The highest BCUT2D eigenvalue weighted by Crippen LogP contribution is 2.22. The van der Waals surface area contributed by atoms with Gasteiger partial charge < -0.3 is 0 Å². The Hall–Kier alpha value is -0.770. The summed E-state index contributed by atoms with van der Waals surface area (Å²) in [6, 6.07) is 0. The lowest BCUT2D eigenvalue weighted by Crippen LogP contribution is -2.60. The number of hydrazone groups is 1. The third kappa shape index (κ3) is 1.38. The first-order chi connectivity index (χ1) is 6.93. The van der Waals surface area contributed by atoms with Crippen molar-refractivity contribution < 1.29 is 0 Å². The van der Waals surface area contributed by atoms with Crippen molar-refractivity contribution in [3.05, 3.63) is 0 Å². The van der Waals surface area contributed by atoms with Crippen LogP contribution in [0.4, 0.5) is 0 Å². The zero-order valence-corrected chi connectivity index (χ0v) is 8.58. The van der Waals surface area contributed by atoms with Crippen molar-refractivity contribution >= 4 is 5.84 Å². The number of nitrogens with one attached hydrogen (secondary N) is 1. The molecule has 14 heavy (non-hydrogen) atoms. The molecule has 1 unspecified atom stereocenters. The second-order valence-electron chi connectivity index (χ2n) is 4.43. The molecular formula is C10H18N4. The van der Waals surface area contributed by atoms with Crippen molar-refractivity contribution in [1.82, 2.24) is 15.4 Å². The highest BCUT2D eigenvalue weighted by Gasteiger charge is 2.30. The minimum Gasteiger partial charge on any atom is -0.292 e. The van der Waals surface area contributed by atoms with Crippen molar-refractivity contribution in [1.29, 1.82) is 0 Å². The molecule has 1 N–H and O–H groups in total. The van der Waals surface area contributed by atoms with Gasteiger partial charge >= 0.3 is 0 Å². The summed E-state index contributed by atoms with van der Waals surface area (Å²) in [4.78, 5) is 0. The van der Waals surface area contributed by atoms with E-state index in [0.29, 0.717) is 6.17 Å². The van der Waals surface area contributed by atoms with Crippen molar-refractivity contribution in [2.75, 3.05) is 13.1 Å². The molecule has 0 aliphatic carbocycles. The Morgan fingerprint density at radius 3 is 3.07 bits per heavy atom. The SMILES string of the molecule is C1CCN2NC3CCCCN3N=C2C1. The van der Waals surface area contributed by atoms with E-state index in [-0.39, 0.29) is 0 Å². The minimum atomic E-state index is 0.477. The van der Waals surface area contributed by atoms with Crippen LogP contribution < -0.4 is 5.43 Å². The van der Waals surface area contributed by atoms with Gasteiger partial charge in [0.1, 0.15) is 12.0 Å². The molecule has 3 heterocycles. The summed E-state index contributed by atoms with van der Waals surface area (Å²) in [5.74, 6) is 1.26. The molecule has 0 saturated carbocycles. The van der Waals surface area contributed by atoms with Crippen LogP contribution in [0.3, 0.4) is 0 Å². The van der Waals surface area contributed by atoms with Gasteiger partial charge in [0.05, 0.1) is 0 Å². The van der Waals surface area contributed by atoms with E-state index < -0.39 is 0 Å². The maximum Gasteiger partial charge on any atom is 0.139 e. The van der Waals surface area contributed by atoms with Crippen LogP contribution in [0.1, 0.15) is 38.5 Å². The van der Waals surface area contributed by atoms with E-state index in [0.717, 1.165) is 19.5 Å². The highest BCUT2D eigenvalue weighted by molar-refractivity contribution is 5.82. The molecule has 78 valence electrons.